The Bertz CT molecular complexity index is 130. The van der Waals surface area contributed by atoms with Crippen molar-refractivity contribution in [2.24, 2.45) is 0 Å². The molecule has 0 bridgehead atoms. The number of thioether (sulfide) groups is 1. The van der Waals surface area contributed by atoms with Crippen molar-refractivity contribution in [2.45, 2.75) is 24.8 Å². The molecule has 2 nitrogen and oxygen atoms in total. The molecule has 0 aromatic heterocycles. The highest BCUT2D eigenvalue weighted by Crippen LogP contribution is 2.19. The Kier molecular flexibility index (Phi) is 2.38. The van der Waals surface area contributed by atoms with Crippen molar-refractivity contribution in [3.8, 4) is 6.07 Å². The Hall–Kier alpha value is -0.200. The van der Waals surface area contributed by atoms with Crippen LogP contribution in [0, 0.1) is 11.3 Å². The van der Waals surface area contributed by atoms with Crippen LogP contribution in [0.25, 0.3) is 0 Å². The molecular weight excluding hydrogens is 132 g/mol. The summed E-state index contributed by atoms with van der Waals surface area (Å²) < 4.78 is 0. The van der Waals surface area contributed by atoms with Gasteiger partial charge in [0.1, 0.15) is 6.04 Å². The summed E-state index contributed by atoms with van der Waals surface area (Å²) in [7, 11) is 0. The number of hydrogen-bond donors (Lipinski definition) is 1. The molecule has 0 aromatic rings. The summed E-state index contributed by atoms with van der Waals surface area (Å²) in [5.74, 6) is 0.953. The van der Waals surface area contributed by atoms with Crippen LogP contribution in [0.3, 0.4) is 0 Å². The monoisotopic (exact) mass is 142 g/mol. The largest absolute Gasteiger partial charge is 0.289 e. The van der Waals surface area contributed by atoms with Gasteiger partial charge < -0.3 is 0 Å². The zero-order chi connectivity index (χ0) is 6.69. The van der Waals surface area contributed by atoms with Gasteiger partial charge in [0.15, 0.2) is 0 Å². The normalized spacial score (nSPS) is 34.2. The van der Waals surface area contributed by atoms with Crippen LogP contribution in [-0.4, -0.2) is 17.2 Å². The molecule has 1 heterocycles. The third kappa shape index (κ3) is 1.60. The summed E-state index contributed by atoms with van der Waals surface area (Å²) in [5, 5.41) is 12.2. The average molecular weight is 142 g/mol. The minimum absolute atomic E-state index is 0.0972. The summed E-state index contributed by atoms with van der Waals surface area (Å²) in [5.41, 5.74) is 0. The molecule has 1 aliphatic heterocycles. The Morgan fingerprint density at radius 3 is 3.00 bits per heavy atom. The molecule has 0 amide bonds. The SMILES string of the molecule is CCC1NC(C#N)CS1. The Labute approximate surface area is 59.6 Å². The first-order valence-electron chi connectivity index (χ1n) is 3.14. The lowest BCUT2D eigenvalue weighted by Gasteiger charge is -2.03. The molecule has 0 aliphatic carbocycles. The van der Waals surface area contributed by atoms with E-state index in [1.807, 2.05) is 11.8 Å². The van der Waals surface area contributed by atoms with E-state index in [-0.39, 0.29) is 6.04 Å². The van der Waals surface area contributed by atoms with Gasteiger partial charge in [0.05, 0.1) is 11.4 Å². The van der Waals surface area contributed by atoms with Crippen LogP contribution in [0.2, 0.25) is 0 Å². The molecule has 0 spiro atoms. The van der Waals surface area contributed by atoms with Crippen LogP contribution in [0.15, 0.2) is 0 Å². The molecule has 1 N–H and O–H groups in total. The quantitative estimate of drug-likeness (QED) is 0.592. The molecular formula is C6H10N2S. The first-order chi connectivity index (χ1) is 4.36. The van der Waals surface area contributed by atoms with Crippen molar-refractivity contribution in [2.75, 3.05) is 5.75 Å². The van der Waals surface area contributed by atoms with E-state index >= 15 is 0 Å². The predicted molar refractivity (Wildman–Crippen MR) is 39.1 cm³/mol. The van der Waals surface area contributed by atoms with Crippen LogP contribution in [0.1, 0.15) is 13.3 Å². The van der Waals surface area contributed by atoms with Crippen molar-refractivity contribution in [1.82, 2.24) is 5.32 Å². The summed E-state index contributed by atoms with van der Waals surface area (Å²) in [6.07, 6.45) is 1.11. The zero-order valence-corrected chi connectivity index (χ0v) is 6.24. The summed E-state index contributed by atoms with van der Waals surface area (Å²) in [4.78, 5) is 0. The minimum atomic E-state index is 0.0972. The summed E-state index contributed by atoms with van der Waals surface area (Å²) >= 11 is 1.84. The molecule has 0 radical (unpaired) electrons. The van der Waals surface area contributed by atoms with Crippen molar-refractivity contribution in [3.05, 3.63) is 0 Å². The minimum Gasteiger partial charge on any atom is -0.289 e. The van der Waals surface area contributed by atoms with Crippen LogP contribution in [0.5, 0.6) is 0 Å². The Morgan fingerprint density at radius 2 is 2.67 bits per heavy atom. The highest BCUT2D eigenvalue weighted by Gasteiger charge is 2.21. The van der Waals surface area contributed by atoms with E-state index in [2.05, 4.69) is 18.3 Å². The fourth-order valence-corrected chi connectivity index (χ4v) is 1.93. The van der Waals surface area contributed by atoms with Crippen molar-refractivity contribution >= 4 is 11.8 Å². The lowest BCUT2D eigenvalue weighted by atomic mass is 10.3. The van der Waals surface area contributed by atoms with E-state index in [1.165, 1.54) is 0 Å². The fourth-order valence-electron chi connectivity index (χ4n) is 0.843. The topological polar surface area (TPSA) is 35.8 Å². The number of nitrogens with zero attached hydrogens (tertiary/aromatic N) is 1. The highest BCUT2D eigenvalue weighted by atomic mass is 32.2. The van der Waals surface area contributed by atoms with E-state index in [4.69, 9.17) is 5.26 Å². The van der Waals surface area contributed by atoms with Gasteiger partial charge in [-0.2, -0.15) is 5.26 Å². The number of nitrogens with one attached hydrogen (secondary N) is 1. The van der Waals surface area contributed by atoms with Gasteiger partial charge in [-0.25, -0.2) is 0 Å². The third-order valence-corrected chi connectivity index (χ3v) is 2.78. The molecule has 1 rings (SSSR count). The van der Waals surface area contributed by atoms with Gasteiger partial charge in [0, 0.05) is 5.75 Å². The van der Waals surface area contributed by atoms with E-state index < -0.39 is 0 Å². The van der Waals surface area contributed by atoms with E-state index in [0.29, 0.717) is 5.37 Å². The lowest BCUT2D eigenvalue weighted by molar-refractivity contribution is 0.633. The summed E-state index contributed by atoms with van der Waals surface area (Å²) in [6.45, 7) is 2.13. The predicted octanol–water partition coefficient (Wildman–Crippen LogP) is 0.951. The maximum atomic E-state index is 8.45. The average Bonchev–Trinajstić information content (AvgIpc) is 2.34. The van der Waals surface area contributed by atoms with E-state index in [9.17, 15) is 0 Å². The standard InChI is InChI=1S/C6H10N2S/c1-2-6-8-5(3-7)4-9-6/h5-6,8H,2,4H2,1H3. The van der Waals surface area contributed by atoms with Gasteiger partial charge in [-0.05, 0) is 6.42 Å². The molecule has 0 saturated carbocycles. The van der Waals surface area contributed by atoms with Crippen LogP contribution in [-0.2, 0) is 0 Å². The molecule has 2 atom stereocenters. The zero-order valence-electron chi connectivity index (χ0n) is 5.42. The van der Waals surface area contributed by atoms with Gasteiger partial charge in [0.2, 0.25) is 0 Å². The number of hydrogen-bond acceptors (Lipinski definition) is 3. The van der Waals surface area contributed by atoms with Crippen molar-refractivity contribution < 1.29 is 0 Å². The van der Waals surface area contributed by atoms with Gasteiger partial charge >= 0.3 is 0 Å². The smallest absolute Gasteiger partial charge is 0.105 e. The Balaban J connectivity index is 2.31. The molecule has 2 unspecified atom stereocenters. The first kappa shape index (κ1) is 6.91. The maximum Gasteiger partial charge on any atom is 0.105 e. The molecule has 9 heavy (non-hydrogen) atoms. The van der Waals surface area contributed by atoms with E-state index in [1.54, 1.807) is 0 Å². The molecule has 1 fully saturated rings. The van der Waals surface area contributed by atoms with Gasteiger partial charge in [-0.15, -0.1) is 11.8 Å². The number of rotatable bonds is 1. The molecule has 0 aromatic carbocycles. The van der Waals surface area contributed by atoms with E-state index in [0.717, 1.165) is 12.2 Å². The third-order valence-electron chi connectivity index (χ3n) is 1.38. The second-order valence-corrected chi connectivity index (χ2v) is 3.31. The molecule has 1 aliphatic rings. The maximum absolute atomic E-state index is 8.45. The second kappa shape index (κ2) is 3.09. The molecule has 1 saturated heterocycles. The van der Waals surface area contributed by atoms with Gasteiger partial charge in [-0.3, -0.25) is 5.32 Å². The van der Waals surface area contributed by atoms with Crippen molar-refractivity contribution in [3.63, 3.8) is 0 Å². The first-order valence-corrected chi connectivity index (χ1v) is 4.19. The fraction of sp³-hybridized carbons (Fsp3) is 0.833. The van der Waals surface area contributed by atoms with Gasteiger partial charge in [0.25, 0.3) is 0 Å². The molecule has 3 heteroatoms. The van der Waals surface area contributed by atoms with Crippen LogP contribution in [0.4, 0.5) is 0 Å². The highest BCUT2D eigenvalue weighted by molar-refractivity contribution is 8.00. The van der Waals surface area contributed by atoms with Crippen LogP contribution >= 0.6 is 11.8 Å². The van der Waals surface area contributed by atoms with Crippen LogP contribution < -0.4 is 5.32 Å². The molecule has 50 valence electrons. The lowest BCUT2D eigenvalue weighted by Crippen LogP contribution is -2.27. The number of nitriles is 1. The van der Waals surface area contributed by atoms with Crippen molar-refractivity contribution in [1.29, 1.82) is 5.26 Å². The second-order valence-electron chi connectivity index (χ2n) is 2.08. The van der Waals surface area contributed by atoms with Gasteiger partial charge in [-0.1, -0.05) is 6.92 Å². The Morgan fingerprint density at radius 1 is 1.89 bits per heavy atom. The summed E-state index contributed by atoms with van der Waals surface area (Å²) in [6, 6.07) is 2.29.